The summed E-state index contributed by atoms with van der Waals surface area (Å²) in [5.41, 5.74) is 1.25. The minimum Gasteiger partial charge on any atom is -0.478 e. The molecule has 1 fully saturated rings. The normalized spacial score (nSPS) is 15.5. The highest BCUT2D eigenvalue weighted by Crippen LogP contribution is 2.19. The molecule has 3 nitrogen and oxygen atoms in total. The Kier molecular flexibility index (Phi) is 2.99. The fourth-order valence-corrected chi connectivity index (χ4v) is 1.34. The molecule has 1 aliphatic rings. The largest absolute Gasteiger partial charge is 0.478 e. The second kappa shape index (κ2) is 4.42. The van der Waals surface area contributed by atoms with Crippen LogP contribution >= 0.6 is 0 Å². The quantitative estimate of drug-likeness (QED) is 0.771. The van der Waals surface area contributed by atoms with E-state index in [0.717, 1.165) is 18.5 Å². The van der Waals surface area contributed by atoms with Gasteiger partial charge in [-0.15, -0.1) is 0 Å². The van der Waals surface area contributed by atoms with Crippen LogP contribution in [0.3, 0.4) is 0 Å². The number of hydrogen-bond acceptors (Lipinski definition) is 3. The van der Waals surface area contributed by atoms with Gasteiger partial charge in [0.1, 0.15) is 0 Å². The van der Waals surface area contributed by atoms with Gasteiger partial charge in [-0.2, -0.15) is 0 Å². The Morgan fingerprint density at radius 3 is 3.14 bits per heavy atom. The molecule has 1 saturated carbocycles. The first-order chi connectivity index (χ1) is 6.88. The van der Waals surface area contributed by atoms with E-state index in [1.165, 1.54) is 18.4 Å². The summed E-state index contributed by atoms with van der Waals surface area (Å²) in [7, 11) is 0. The molecule has 1 aromatic rings. The lowest BCUT2D eigenvalue weighted by atomic mass is 10.2. The molecular weight excluding hydrogens is 176 g/mol. The fraction of sp³-hybridized carbons (Fsp3) is 0.545. The number of aromatic nitrogens is 1. The van der Waals surface area contributed by atoms with Gasteiger partial charge in [0, 0.05) is 24.8 Å². The number of nitrogens with one attached hydrogen (secondary N) is 1. The van der Waals surface area contributed by atoms with E-state index < -0.39 is 0 Å². The van der Waals surface area contributed by atoms with E-state index in [4.69, 9.17) is 4.74 Å². The molecule has 1 aliphatic carbocycles. The predicted octanol–water partition coefficient (Wildman–Crippen LogP) is 1.73. The maximum absolute atomic E-state index is 5.33. The standard InChI is InChI=1S/C11H16N2O/c1-2-14-11-7-9(5-6-12-11)8-13-10-3-4-10/h5-7,10,13H,2-4,8H2,1H3. The average molecular weight is 192 g/mol. The van der Waals surface area contributed by atoms with Crippen molar-refractivity contribution in [3.8, 4) is 5.88 Å². The van der Waals surface area contributed by atoms with Crippen LogP contribution in [-0.4, -0.2) is 17.6 Å². The summed E-state index contributed by atoms with van der Waals surface area (Å²) in [4.78, 5) is 4.12. The van der Waals surface area contributed by atoms with Gasteiger partial charge in [-0.25, -0.2) is 4.98 Å². The van der Waals surface area contributed by atoms with Gasteiger partial charge in [-0.05, 0) is 31.4 Å². The highest BCUT2D eigenvalue weighted by atomic mass is 16.5. The summed E-state index contributed by atoms with van der Waals surface area (Å²) >= 11 is 0. The minimum absolute atomic E-state index is 0.673. The zero-order valence-electron chi connectivity index (χ0n) is 8.49. The molecule has 76 valence electrons. The van der Waals surface area contributed by atoms with Gasteiger partial charge in [0.15, 0.2) is 0 Å². The van der Waals surface area contributed by atoms with Gasteiger partial charge in [-0.1, -0.05) is 0 Å². The number of nitrogens with zero attached hydrogens (tertiary/aromatic N) is 1. The van der Waals surface area contributed by atoms with Gasteiger partial charge < -0.3 is 10.1 Å². The van der Waals surface area contributed by atoms with Crippen molar-refractivity contribution >= 4 is 0 Å². The molecule has 0 radical (unpaired) electrons. The number of hydrogen-bond donors (Lipinski definition) is 1. The van der Waals surface area contributed by atoms with Crippen molar-refractivity contribution < 1.29 is 4.74 Å². The molecule has 1 N–H and O–H groups in total. The van der Waals surface area contributed by atoms with Crippen LogP contribution in [0.1, 0.15) is 25.3 Å². The topological polar surface area (TPSA) is 34.1 Å². The Hall–Kier alpha value is -1.09. The molecular formula is C11H16N2O. The first-order valence-electron chi connectivity index (χ1n) is 5.19. The smallest absolute Gasteiger partial charge is 0.213 e. The summed E-state index contributed by atoms with van der Waals surface area (Å²) in [6.07, 6.45) is 4.45. The zero-order chi connectivity index (χ0) is 9.80. The Morgan fingerprint density at radius 1 is 1.57 bits per heavy atom. The molecule has 0 spiro atoms. The summed E-state index contributed by atoms with van der Waals surface area (Å²) in [6.45, 7) is 3.57. The molecule has 0 atom stereocenters. The van der Waals surface area contributed by atoms with Crippen molar-refractivity contribution in [1.29, 1.82) is 0 Å². The molecule has 1 heterocycles. The van der Waals surface area contributed by atoms with E-state index in [0.29, 0.717) is 6.61 Å². The fourth-order valence-electron chi connectivity index (χ4n) is 1.34. The van der Waals surface area contributed by atoms with Crippen LogP contribution in [0.4, 0.5) is 0 Å². The van der Waals surface area contributed by atoms with E-state index in [2.05, 4.69) is 10.3 Å². The maximum atomic E-state index is 5.33. The van der Waals surface area contributed by atoms with E-state index >= 15 is 0 Å². The minimum atomic E-state index is 0.673. The molecule has 3 heteroatoms. The Balaban J connectivity index is 1.90. The van der Waals surface area contributed by atoms with E-state index in [1.54, 1.807) is 6.20 Å². The molecule has 14 heavy (non-hydrogen) atoms. The summed E-state index contributed by atoms with van der Waals surface area (Å²) in [6, 6.07) is 4.77. The average Bonchev–Trinajstić information content (AvgIpc) is 2.99. The maximum Gasteiger partial charge on any atom is 0.213 e. The Bertz CT molecular complexity index is 297. The first kappa shape index (κ1) is 9.46. The van der Waals surface area contributed by atoms with Crippen LogP contribution in [0.15, 0.2) is 18.3 Å². The van der Waals surface area contributed by atoms with Crippen molar-refractivity contribution in [2.45, 2.75) is 32.4 Å². The van der Waals surface area contributed by atoms with E-state index in [9.17, 15) is 0 Å². The molecule has 0 saturated heterocycles. The first-order valence-corrected chi connectivity index (χ1v) is 5.19. The van der Waals surface area contributed by atoms with Gasteiger partial charge >= 0.3 is 0 Å². The summed E-state index contributed by atoms with van der Waals surface area (Å²) in [5.74, 6) is 0.725. The molecule has 2 rings (SSSR count). The monoisotopic (exact) mass is 192 g/mol. The molecule has 0 aliphatic heterocycles. The predicted molar refractivity (Wildman–Crippen MR) is 55.3 cm³/mol. The Morgan fingerprint density at radius 2 is 2.43 bits per heavy atom. The lowest BCUT2D eigenvalue weighted by molar-refractivity contribution is 0.326. The lowest BCUT2D eigenvalue weighted by Gasteiger charge is -2.05. The van der Waals surface area contributed by atoms with Crippen LogP contribution < -0.4 is 10.1 Å². The summed E-state index contributed by atoms with van der Waals surface area (Å²) in [5, 5.41) is 3.46. The lowest BCUT2D eigenvalue weighted by Crippen LogP contribution is -2.15. The van der Waals surface area contributed by atoms with Crippen LogP contribution in [0.2, 0.25) is 0 Å². The van der Waals surface area contributed by atoms with Crippen LogP contribution in [0.5, 0.6) is 5.88 Å². The number of ether oxygens (including phenoxy) is 1. The van der Waals surface area contributed by atoms with Crippen molar-refractivity contribution in [3.63, 3.8) is 0 Å². The SMILES string of the molecule is CCOc1cc(CNC2CC2)ccn1. The third-order valence-corrected chi connectivity index (χ3v) is 2.26. The van der Waals surface area contributed by atoms with Crippen LogP contribution in [-0.2, 0) is 6.54 Å². The van der Waals surface area contributed by atoms with Crippen LogP contribution in [0, 0.1) is 0 Å². The number of pyridine rings is 1. The third-order valence-electron chi connectivity index (χ3n) is 2.26. The highest BCUT2D eigenvalue weighted by molar-refractivity contribution is 5.20. The van der Waals surface area contributed by atoms with Gasteiger partial charge in [-0.3, -0.25) is 0 Å². The Labute approximate surface area is 84.5 Å². The van der Waals surface area contributed by atoms with Crippen molar-refractivity contribution in [3.05, 3.63) is 23.9 Å². The molecule has 0 amide bonds. The van der Waals surface area contributed by atoms with E-state index in [1.807, 2.05) is 19.1 Å². The molecule has 1 aromatic heterocycles. The number of rotatable bonds is 5. The van der Waals surface area contributed by atoms with Gasteiger partial charge in [0.2, 0.25) is 5.88 Å². The third kappa shape index (κ3) is 2.70. The second-order valence-corrected chi connectivity index (χ2v) is 3.59. The molecule has 0 bridgehead atoms. The molecule has 0 unspecified atom stereocenters. The van der Waals surface area contributed by atoms with E-state index in [-0.39, 0.29) is 0 Å². The van der Waals surface area contributed by atoms with Crippen molar-refractivity contribution in [2.24, 2.45) is 0 Å². The van der Waals surface area contributed by atoms with Crippen molar-refractivity contribution in [2.75, 3.05) is 6.61 Å². The second-order valence-electron chi connectivity index (χ2n) is 3.59. The van der Waals surface area contributed by atoms with Crippen LogP contribution in [0.25, 0.3) is 0 Å². The highest BCUT2D eigenvalue weighted by Gasteiger charge is 2.19. The van der Waals surface area contributed by atoms with Crippen molar-refractivity contribution in [1.82, 2.24) is 10.3 Å². The summed E-state index contributed by atoms with van der Waals surface area (Å²) < 4.78 is 5.33. The molecule has 0 aromatic carbocycles. The van der Waals surface area contributed by atoms with Gasteiger partial charge in [0.05, 0.1) is 6.61 Å². The zero-order valence-corrected chi connectivity index (χ0v) is 8.49. The van der Waals surface area contributed by atoms with Gasteiger partial charge in [0.25, 0.3) is 0 Å².